The van der Waals surface area contributed by atoms with Crippen LogP contribution in [0, 0.1) is 5.82 Å². The number of hydrogen-bond acceptors (Lipinski definition) is 6. The number of halogens is 1. The standard InChI is InChI=1S/C30H25FO6/c1-17(2)28(32)35-22-11-13-24(26(31)15-22)20-7-9-21(10-8-20)25-14-12-23(36-29(33)18(3)4)16-27(25)37-30(34)19(5)6/h7-16H,1,3,5H2,2,4,6H3. The molecule has 0 bridgehead atoms. The minimum absolute atomic E-state index is 0.0716. The zero-order chi connectivity index (χ0) is 27.3. The van der Waals surface area contributed by atoms with Gasteiger partial charge in [0.2, 0.25) is 0 Å². The molecule has 37 heavy (non-hydrogen) atoms. The summed E-state index contributed by atoms with van der Waals surface area (Å²) in [5.41, 5.74) is 2.70. The molecule has 0 aliphatic heterocycles. The molecule has 0 heterocycles. The van der Waals surface area contributed by atoms with E-state index in [9.17, 15) is 18.8 Å². The quantitative estimate of drug-likeness (QED) is 0.197. The van der Waals surface area contributed by atoms with E-state index < -0.39 is 23.7 Å². The molecule has 0 unspecified atom stereocenters. The number of hydrogen-bond donors (Lipinski definition) is 0. The van der Waals surface area contributed by atoms with E-state index in [1.54, 1.807) is 36.4 Å². The van der Waals surface area contributed by atoms with Crippen LogP contribution in [0.25, 0.3) is 22.3 Å². The van der Waals surface area contributed by atoms with E-state index in [1.165, 1.54) is 39.0 Å². The molecule has 0 atom stereocenters. The van der Waals surface area contributed by atoms with Gasteiger partial charge in [-0.05, 0) is 56.2 Å². The van der Waals surface area contributed by atoms with Crippen molar-refractivity contribution >= 4 is 17.9 Å². The van der Waals surface area contributed by atoms with Crippen LogP contribution >= 0.6 is 0 Å². The fourth-order valence-corrected chi connectivity index (χ4v) is 3.09. The summed E-state index contributed by atoms with van der Waals surface area (Å²) in [7, 11) is 0. The molecule has 188 valence electrons. The summed E-state index contributed by atoms with van der Waals surface area (Å²) in [5, 5.41) is 0. The summed E-state index contributed by atoms with van der Waals surface area (Å²) in [6.07, 6.45) is 0. The number of ether oxygens (including phenoxy) is 3. The second-order valence-electron chi connectivity index (χ2n) is 8.39. The Morgan fingerprint density at radius 2 is 1.00 bits per heavy atom. The van der Waals surface area contributed by atoms with Crippen LogP contribution in [0.5, 0.6) is 17.2 Å². The molecule has 0 saturated carbocycles. The molecule has 3 aromatic rings. The third-order valence-electron chi connectivity index (χ3n) is 5.07. The first-order valence-corrected chi connectivity index (χ1v) is 11.1. The molecule has 3 aromatic carbocycles. The van der Waals surface area contributed by atoms with Crippen LogP contribution in [0.2, 0.25) is 0 Å². The highest BCUT2D eigenvalue weighted by atomic mass is 19.1. The smallest absolute Gasteiger partial charge is 0.338 e. The van der Waals surface area contributed by atoms with E-state index in [0.29, 0.717) is 22.3 Å². The summed E-state index contributed by atoms with van der Waals surface area (Å²) in [4.78, 5) is 35.8. The molecule has 0 aliphatic carbocycles. The van der Waals surface area contributed by atoms with Gasteiger partial charge in [-0.3, -0.25) is 0 Å². The number of rotatable bonds is 8. The second-order valence-corrected chi connectivity index (χ2v) is 8.39. The van der Waals surface area contributed by atoms with Crippen molar-refractivity contribution in [3.63, 3.8) is 0 Å². The zero-order valence-corrected chi connectivity index (χ0v) is 20.7. The third-order valence-corrected chi connectivity index (χ3v) is 5.07. The van der Waals surface area contributed by atoms with Crippen molar-refractivity contribution in [2.75, 3.05) is 0 Å². The Kier molecular flexibility index (Phi) is 8.19. The highest BCUT2D eigenvalue weighted by Gasteiger charge is 2.16. The van der Waals surface area contributed by atoms with E-state index >= 15 is 0 Å². The molecule has 0 amide bonds. The average molecular weight is 501 g/mol. The first kappa shape index (κ1) is 26.8. The summed E-state index contributed by atoms with van der Waals surface area (Å²) < 4.78 is 30.6. The Balaban J connectivity index is 1.93. The third kappa shape index (κ3) is 6.67. The molecule has 0 fully saturated rings. The molecule has 7 heteroatoms. The second kappa shape index (κ2) is 11.3. The molecular weight excluding hydrogens is 475 g/mol. The van der Waals surface area contributed by atoms with Gasteiger partial charge >= 0.3 is 17.9 Å². The maximum atomic E-state index is 14.8. The molecule has 0 saturated heterocycles. The number of carbonyl (C=O) groups is 3. The monoisotopic (exact) mass is 500 g/mol. The lowest BCUT2D eigenvalue weighted by Crippen LogP contribution is -2.11. The van der Waals surface area contributed by atoms with E-state index in [4.69, 9.17) is 14.2 Å². The summed E-state index contributed by atoms with van der Waals surface area (Å²) in [5.74, 6) is -2.07. The van der Waals surface area contributed by atoms with Crippen molar-refractivity contribution in [3.05, 3.63) is 103 Å². The fraction of sp³-hybridized carbons (Fsp3) is 0.100. The molecule has 0 aromatic heterocycles. The number of benzene rings is 3. The average Bonchev–Trinajstić information content (AvgIpc) is 2.84. The van der Waals surface area contributed by atoms with E-state index in [2.05, 4.69) is 19.7 Å². The molecule has 0 spiro atoms. The molecule has 6 nitrogen and oxygen atoms in total. The summed E-state index contributed by atoms with van der Waals surface area (Å²) >= 11 is 0. The summed E-state index contributed by atoms with van der Waals surface area (Å²) in [6, 6.07) is 15.6. The van der Waals surface area contributed by atoms with Gasteiger partial charge in [0.25, 0.3) is 0 Å². The lowest BCUT2D eigenvalue weighted by atomic mass is 9.99. The normalized spacial score (nSPS) is 10.3. The van der Waals surface area contributed by atoms with Crippen molar-refractivity contribution in [3.8, 4) is 39.5 Å². The molecule has 0 radical (unpaired) electrons. The molecule has 0 N–H and O–H groups in total. The Hall–Kier alpha value is -4.78. The fourth-order valence-electron chi connectivity index (χ4n) is 3.09. The van der Waals surface area contributed by atoms with Crippen LogP contribution in [0.15, 0.2) is 97.1 Å². The van der Waals surface area contributed by atoms with Gasteiger partial charge in [0, 0.05) is 40.0 Å². The Bertz CT molecular complexity index is 1430. The van der Waals surface area contributed by atoms with Gasteiger partial charge in [0.15, 0.2) is 0 Å². The van der Waals surface area contributed by atoms with Gasteiger partial charge in [-0.1, -0.05) is 44.0 Å². The Morgan fingerprint density at radius 1 is 0.595 bits per heavy atom. The number of carbonyl (C=O) groups excluding carboxylic acids is 3. The van der Waals surface area contributed by atoms with Gasteiger partial charge in [0.1, 0.15) is 23.1 Å². The lowest BCUT2D eigenvalue weighted by molar-refractivity contribution is -0.131. The van der Waals surface area contributed by atoms with Crippen LogP contribution in [0.3, 0.4) is 0 Å². The van der Waals surface area contributed by atoms with Crippen LogP contribution in [0.1, 0.15) is 20.8 Å². The SMILES string of the molecule is C=C(C)C(=O)Oc1ccc(-c2ccc(-c3ccc(OC(=O)C(=C)C)cc3OC(=O)C(=C)C)cc2)c(F)c1. The van der Waals surface area contributed by atoms with E-state index in [0.717, 1.165) is 6.07 Å². The Labute approximate surface area is 214 Å². The van der Waals surface area contributed by atoms with Crippen LogP contribution in [-0.2, 0) is 14.4 Å². The van der Waals surface area contributed by atoms with Gasteiger partial charge in [-0.25, -0.2) is 18.8 Å². The van der Waals surface area contributed by atoms with Crippen LogP contribution < -0.4 is 14.2 Å². The highest BCUT2D eigenvalue weighted by Crippen LogP contribution is 2.36. The topological polar surface area (TPSA) is 78.9 Å². The molecule has 3 rings (SSSR count). The van der Waals surface area contributed by atoms with E-state index in [-0.39, 0.29) is 34.0 Å². The highest BCUT2D eigenvalue weighted by molar-refractivity contribution is 5.91. The zero-order valence-electron chi connectivity index (χ0n) is 20.7. The van der Waals surface area contributed by atoms with E-state index in [1.807, 2.05) is 0 Å². The van der Waals surface area contributed by atoms with Crippen molar-refractivity contribution in [2.45, 2.75) is 20.8 Å². The minimum atomic E-state index is -0.643. The summed E-state index contributed by atoms with van der Waals surface area (Å²) in [6.45, 7) is 15.2. The van der Waals surface area contributed by atoms with Gasteiger partial charge < -0.3 is 14.2 Å². The van der Waals surface area contributed by atoms with Crippen molar-refractivity contribution in [2.24, 2.45) is 0 Å². The van der Waals surface area contributed by atoms with Crippen LogP contribution in [0.4, 0.5) is 4.39 Å². The predicted molar refractivity (Wildman–Crippen MR) is 139 cm³/mol. The first-order chi connectivity index (χ1) is 17.5. The lowest BCUT2D eigenvalue weighted by Gasteiger charge is -2.13. The van der Waals surface area contributed by atoms with Crippen molar-refractivity contribution in [1.29, 1.82) is 0 Å². The maximum Gasteiger partial charge on any atom is 0.338 e. The largest absolute Gasteiger partial charge is 0.423 e. The van der Waals surface area contributed by atoms with Crippen LogP contribution in [-0.4, -0.2) is 17.9 Å². The first-order valence-electron chi connectivity index (χ1n) is 11.1. The number of esters is 3. The predicted octanol–water partition coefficient (Wildman–Crippen LogP) is 6.60. The van der Waals surface area contributed by atoms with Gasteiger partial charge in [-0.2, -0.15) is 0 Å². The van der Waals surface area contributed by atoms with Gasteiger partial charge in [-0.15, -0.1) is 0 Å². The minimum Gasteiger partial charge on any atom is -0.423 e. The van der Waals surface area contributed by atoms with Crippen molar-refractivity contribution < 1.29 is 33.0 Å². The maximum absolute atomic E-state index is 14.8. The molecular formula is C30H25FO6. The molecule has 0 aliphatic rings. The Morgan fingerprint density at radius 3 is 1.46 bits per heavy atom. The van der Waals surface area contributed by atoms with Gasteiger partial charge in [0.05, 0.1) is 0 Å². The van der Waals surface area contributed by atoms with Crippen molar-refractivity contribution in [1.82, 2.24) is 0 Å².